The fourth-order valence-corrected chi connectivity index (χ4v) is 3.73. The molecule has 152 valence electrons. The summed E-state index contributed by atoms with van der Waals surface area (Å²) in [7, 11) is 0. The van der Waals surface area contributed by atoms with E-state index in [-0.39, 0.29) is 11.9 Å². The fourth-order valence-electron chi connectivity index (χ4n) is 2.78. The van der Waals surface area contributed by atoms with Gasteiger partial charge in [-0.2, -0.15) is 0 Å². The highest BCUT2D eigenvalue weighted by atomic mass is 35.5. The molecule has 1 heterocycles. The van der Waals surface area contributed by atoms with Crippen LogP contribution in [0.3, 0.4) is 0 Å². The zero-order chi connectivity index (χ0) is 20.6. The molecule has 8 heteroatoms. The van der Waals surface area contributed by atoms with Crippen molar-refractivity contribution >= 4 is 29.3 Å². The van der Waals surface area contributed by atoms with E-state index >= 15 is 0 Å². The van der Waals surface area contributed by atoms with Crippen molar-refractivity contribution in [1.29, 1.82) is 0 Å². The zero-order valence-corrected chi connectivity index (χ0v) is 17.9. The van der Waals surface area contributed by atoms with Gasteiger partial charge in [0.2, 0.25) is 0 Å². The van der Waals surface area contributed by atoms with Gasteiger partial charge in [-0.3, -0.25) is 4.79 Å². The lowest BCUT2D eigenvalue weighted by Gasteiger charge is -2.15. The molecule has 6 nitrogen and oxygen atoms in total. The van der Waals surface area contributed by atoms with E-state index in [9.17, 15) is 4.79 Å². The number of amides is 1. The molecule has 0 radical (unpaired) electrons. The maximum atomic E-state index is 12.5. The molecule has 0 saturated carbocycles. The highest BCUT2D eigenvalue weighted by molar-refractivity contribution is 7.99. The van der Waals surface area contributed by atoms with Crippen molar-refractivity contribution in [1.82, 2.24) is 20.1 Å². The van der Waals surface area contributed by atoms with Crippen molar-refractivity contribution in [3.63, 3.8) is 0 Å². The average Bonchev–Trinajstić information content (AvgIpc) is 3.15. The molecule has 0 saturated heterocycles. The van der Waals surface area contributed by atoms with E-state index in [1.54, 1.807) is 36.0 Å². The molecular formula is C21H23ClN4O2S. The second kappa shape index (κ2) is 10.3. The van der Waals surface area contributed by atoms with Gasteiger partial charge in [0.05, 0.1) is 12.6 Å². The molecule has 1 aromatic heterocycles. The van der Waals surface area contributed by atoms with Crippen LogP contribution in [0.1, 0.15) is 36.1 Å². The van der Waals surface area contributed by atoms with E-state index in [1.807, 2.05) is 48.7 Å². The summed E-state index contributed by atoms with van der Waals surface area (Å²) in [5.41, 5.74) is 0.552. The third-order valence-corrected chi connectivity index (χ3v) is 5.41. The maximum absolute atomic E-state index is 12.5. The topological polar surface area (TPSA) is 69.0 Å². The first-order valence-electron chi connectivity index (χ1n) is 9.38. The van der Waals surface area contributed by atoms with Gasteiger partial charge in [-0.15, -0.1) is 10.2 Å². The zero-order valence-electron chi connectivity index (χ0n) is 16.3. The summed E-state index contributed by atoms with van der Waals surface area (Å²) in [6, 6.07) is 16.2. The predicted octanol–water partition coefficient (Wildman–Crippen LogP) is 4.61. The Hall–Kier alpha value is -2.51. The summed E-state index contributed by atoms with van der Waals surface area (Å²) < 4.78 is 7.73. The number of carbonyl (C=O) groups excluding carboxylic acids is 1. The smallest absolute Gasteiger partial charge is 0.251 e. The number of para-hydroxylation sites is 1. The molecule has 0 bridgehead atoms. The summed E-state index contributed by atoms with van der Waals surface area (Å²) in [5.74, 6) is 2.15. The molecule has 0 aliphatic heterocycles. The largest absolute Gasteiger partial charge is 0.493 e. The van der Waals surface area contributed by atoms with E-state index < -0.39 is 0 Å². The summed E-state index contributed by atoms with van der Waals surface area (Å²) >= 11 is 7.47. The molecule has 0 fully saturated rings. The number of thioether (sulfide) groups is 1. The number of halogens is 1. The summed E-state index contributed by atoms with van der Waals surface area (Å²) in [6.45, 7) is 5.22. The molecule has 29 heavy (non-hydrogen) atoms. The molecule has 2 aromatic carbocycles. The standard InChI is InChI=1S/C21H23ClN4O2S/c1-3-26-19(15(2)23-20(27)16-9-11-17(22)12-10-16)24-25-21(26)29-14-13-28-18-7-5-4-6-8-18/h4-12,15H,3,13-14H2,1-2H3,(H,23,27). The van der Waals surface area contributed by atoms with Gasteiger partial charge in [-0.05, 0) is 50.2 Å². The van der Waals surface area contributed by atoms with Crippen molar-refractivity contribution < 1.29 is 9.53 Å². The molecule has 3 rings (SSSR count). The van der Waals surface area contributed by atoms with E-state index in [0.29, 0.717) is 23.7 Å². The molecule has 1 amide bonds. The fraction of sp³-hybridized carbons (Fsp3) is 0.286. The number of ether oxygens (including phenoxy) is 1. The van der Waals surface area contributed by atoms with E-state index in [0.717, 1.165) is 22.5 Å². The number of hydrogen-bond donors (Lipinski definition) is 1. The first-order chi connectivity index (χ1) is 14.1. The van der Waals surface area contributed by atoms with Crippen LogP contribution in [-0.2, 0) is 6.54 Å². The lowest BCUT2D eigenvalue weighted by molar-refractivity contribution is 0.0937. The molecule has 0 spiro atoms. The van der Waals surface area contributed by atoms with Gasteiger partial charge in [-0.25, -0.2) is 0 Å². The van der Waals surface area contributed by atoms with Crippen LogP contribution in [0.2, 0.25) is 5.02 Å². The predicted molar refractivity (Wildman–Crippen MR) is 116 cm³/mol. The van der Waals surface area contributed by atoms with Gasteiger partial charge in [0.1, 0.15) is 5.75 Å². The minimum absolute atomic E-state index is 0.176. The van der Waals surface area contributed by atoms with Crippen LogP contribution in [0.15, 0.2) is 59.8 Å². The van der Waals surface area contributed by atoms with Gasteiger partial charge < -0.3 is 14.6 Å². The number of nitrogens with zero attached hydrogens (tertiary/aromatic N) is 3. The Bertz CT molecular complexity index is 932. The number of nitrogens with one attached hydrogen (secondary N) is 1. The van der Waals surface area contributed by atoms with Gasteiger partial charge in [0, 0.05) is 22.9 Å². The second-order valence-electron chi connectivity index (χ2n) is 6.30. The highest BCUT2D eigenvalue weighted by Crippen LogP contribution is 2.21. The van der Waals surface area contributed by atoms with Gasteiger partial charge >= 0.3 is 0 Å². The van der Waals surface area contributed by atoms with Crippen LogP contribution in [0.25, 0.3) is 0 Å². The third-order valence-electron chi connectivity index (χ3n) is 4.23. The Morgan fingerprint density at radius 2 is 1.90 bits per heavy atom. The van der Waals surface area contributed by atoms with E-state index in [1.165, 1.54) is 0 Å². The van der Waals surface area contributed by atoms with Crippen LogP contribution in [-0.4, -0.2) is 33.0 Å². The Morgan fingerprint density at radius 1 is 1.17 bits per heavy atom. The van der Waals surface area contributed by atoms with E-state index in [4.69, 9.17) is 16.3 Å². The highest BCUT2D eigenvalue weighted by Gasteiger charge is 2.19. The Kier molecular flexibility index (Phi) is 7.55. The summed E-state index contributed by atoms with van der Waals surface area (Å²) in [4.78, 5) is 12.5. The van der Waals surface area contributed by atoms with Crippen LogP contribution < -0.4 is 10.1 Å². The number of aromatic nitrogens is 3. The normalized spacial score (nSPS) is 11.8. The monoisotopic (exact) mass is 430 g/mol. The molecular weight excluding hydrogens is 408 g/mol. The van der Waals surface area contributed by atoms with Crippen LogP contribution in [0, 0.1) is 0 Å². The van der Waals surface area contributed by atoms with Crippen molar-refractivity contribution in [2.45, 2.75) is 31.6 Å². The Labute approximate surface area is 179 Å². The van der Waals surface area contributed by atoms with E-state index in [2.05, 4.69) is 15.5 Å². The number of benzene rings is 2. The van der Waals surface area contributed by atoms with Gasteiger partial charge in [-0.1, -0.05) is 41.6 Å². The Balaban J connectivity index is 1.57. The van der Waals surface area contributed by atoms with Crippen molar-refractivity contribution in [2.75, 3.05) is 12.4 Å². The van der Waals surface area contributed by atoms with Crippen LogP contribution in [0.4, 0.5) is 0 Å². The lowest BCUT2D eigenvalue weighted by Crippen LogP contribution is -2.28. The maximum Gasteiger partial charge on any atom is 0.251 e. The first-order valence-corrected chi connectivity index (χ1v) is 10.7. The first kappa shape index (κ1) is 21.2. The Morgan fingerprint density at radius 3 is 2.59 bits per heavy atom. The van der Waals surface area contributed by atoms with Crippen molar-refractivity contribution in [3.05, 3.63) is 71.0 Å². The molecule has 1 atom stereocenters. The van der Waals surface area contributed by atoms with Gasteiger partial charge in [0.25, 0.3) is 5.91 Å². The second-order valence-corrected chi connectivity index (χ2v) is 7.80. The molecule has 1 N–H and O–H groups in total. The quantitative estimate of drug-likeness (QED) is 0.396. The number of carbonyl (C=O) groups is 1. The number of hydrogen-bond acceptors (Lipinski definition) is 5. The molecule has 0 aliphatic carbocycles. The summed E-state index contributed by atoms with van der Waals surface area (Å²) in [5, 5.41) is 13.0. The third kappa shape index (κ3) is 5.74. The van der Waals surface area contributed by atoms with Crippen molar-refractivity contribution in [2.24, 2.45) is 0 Å². The minimum atomic E-state index is -0.277. The van der Waals surface area contributed by atoms with Crippen molar-refractivity contribution in [3.8, 4) is 5.75 Å². The molecule has 1 unspecified atom stereocenters. The van der Waals surface area contributed by atoms with Crippen LogP contribution in [0.5, 0.6) is 5.75 Å². The average molecular weight is 431 g/mol. The summed E-state index contributed by atoms with van der Waals surface area (Å²) in [6.07, 6.45) is 0. The molecule has 0 aliphatic rings. The van der Waals surface area contributed by atoms with Gasteiger partial charge in [0.15, 0.2) is 11.0 Å². The van der Waals surface area contributed by atoms with Crippen LogP contribution >= 0.6 is 23.4 Å². The SMILES string of the molecule is CCn1c(SCCOc2ccccc2)nnc1C(C)NC(=O)c1ccc(Cl)cc1. The minimum Gasteiger partial charge on any atom is -0.493 e. The molecule has 3 aromatic rings. The number of rotatable bonds is 9. The lowest BCUT2D eigenvalue weighted by atomic mass is 10.2.